The van der Waals surface area contributed by atoms with Crippen LogP contribution >= 0.6 is 15.6 Å². The normalized spacial score (nSPS) is 14.4. The lowest BCUT2D eigenvalue weighted by Crippen LogP contribution is -2.30. The molecule has 0 aliphatic rings. The molecule has 0 rings (SSSR count). The number of allylic oxidation sites excluding steroid dienone is 4. The molecule has 0 spiro atoms. The summed E-state index contributed by atoms with van der Waals surface area (Å²) in [7, 11) is -9.93. The quantitative estimate of drug-likeness (QED) is 0.0169. The zero-order chi connectivity index (χ0) is 73.0. The van der Waals surface area contributed by atoms with Gasteiger partial charge < -0.3 is 33.8 Å². The predicted molar refractivity (Wildman–Crippen MR) is 404 cm³/mol. The summed E-state index contributed by atoms with van der Waals surface area (Å²) >= 11 is 0. The molecule has 0 fully saturated rings. The third-order valence-electron chi connectivity index (χ3n) is 18.4. The monoisotopic (exact) mass is 1450 g/mol. The Hall–Kier alpha value is -2.46. The lowest BCUT2D eigenvalue weighted by atomic mass is 10.00. The molecule has 0 heterocycles. The van der Waals surface area contributed by atoms with Gasteiger partial charge in [-0.15, -0.1) is 0 Å². The number of phosphoric acid groups is 2. The lowest BCUT2D eigenvalue weighted by molar-refractivity contribution is -0.161. The van der Waals surface area contributed by atoms with E-state index in [0.29, 0.717) is 25.7 Å². The molecule has 0 bridgehead atoms. The maximum absolute atomic E-state index is 13.1. The number of rotatable bonds is 76. The van der Waals surface area contributed by atoms with Crippen LogP contribution in [-0.4, -0.2) is 96.7 Å². The lowest BCUT2D eigenvalue weighted by Gasteiger charge is -2.21. The fourth-order valence-electron chi connectivity index (χ4n) is 11.7. The molecule has 584 valence electrons. The highest BCUT2D eigenvalue weighted by Crippen LogP contribution is 2.45. The fourth-order valence-corrected chi connectivity index (χ4v) is 13.3. The molecule has 0 radical (unpaired) electrons. The van der Waals surface area contributed by atoms with E-state index < -0.39 is 97.5 Å². The van der Waals surface area contributed by atoms with Gasteiger partial charge in [-0.1, -0.05) is 336 Å². The Kier molecular flexibility index (Phi) is 68.1. The Morgan fingerprint density at radius 1 is 0.333 bits per heavy atom. The summed E-state index contributed by atoms with van der Waals surface area (Å²) in [4.78, 5) is 72.9. The Morgan fingerprint density at radius 2 is 0.596 bits per heavy atom. The van der Waals surface area contributed by atoms with Crippen molar-refractivity contribution in [3.05, 3.63) is 24.3 Å². The van der Waals surface area contributed by atoms with Crippen molar-refractivity contribution >= 4 is 39.5 Å². The molecule has 0 aromatic rings. The highest BCUT2D eigenvalue weighted by molar-refractivity contribution is 7.47. The van der Waals surface area contributed by atoms with Crippen LogP contribution in [0.15, 0.2) is 24.3 Å². The number of aliphatic hydroxyl groups excluding tert-OH is 1. The second-order valence-electron chi connectivity index (χ2n) is 29.3. The summed E-state index contributed by atoms with van der Waals surface area (Å²) in [6.07, 6.45) is 60.5. The number of hydrogen-bond donors (Lipinski definition) is 3. The van der Waals surface area contributed by atoms with Gasteiger partial charge in [-0.3, -0.25) is 37.3 Å². The van der Waals surface area contributed by atoms with Gasteiger partial charge in [0.15, 0.2) is 12.2 Å². The zero-order valence-electron chi connectivity index (χ0n) is 64.4. The van der Waals surface area contributed by atoms with Crippen LogP contribution in [-0.2, 0) is 65.4 Å². The van der Waals surface area contributed by atoms with Crippen molar-refractivity contribution in [1.29, 1.82) is 0 Å². The molecule has 0 aromatic heterocycles. The van der Waals surface area contributed by atoms with Crippen molar-refractivity contribution in [2.45, 2.75) is 407 Å². The maximum Gasteiger partial charge on any atom is 0.472 e. The summed E-state index contributed by atoms with van der Waals surface area (Å²) in [5.41, 5.74) is 0. The predicted octanol–water partition coefficient (Wildman–Crippen LogP) is 23.3. The molecule has 17 nitrogen and oxygen atoms in total. The molecule has 3 N–H and O–H groups in total. The summed E-state index contributed by atoms with van der Waals surface area (Å²) in [5.74, 6) is 0.173. The second kappa shape index (κ2) is 69.9. The number of hydrogen-bond acceptors (Lipinski definition) is 15. The van der Waals surface area contributed by atoms with E-state index in [1.807, 2.05) is 0 Å². The molecular formula is C80H152O17P2. The molecule has 0 aliphatic heterocycles. The SMILES string of the molecule is CCCCCC/C=C\C=C/CCCCCCCC(=O)O[C@H](COC(=O)CCCCCCCCCCCCCCC(C)C)COP(=O)(O)OC[C@@H](O)COP(=O)(O)OC[C@@H](COC(=O)CCCCCCCCC(C)CC)OC(=O)CCCCCCCCCCCCCCCCCCC(C)C. The van der Waals surface area contributed by atoms with E-state index in [4.69, 9.17) is 37.0 Å². The average Bonchev–Trinajstić information content (AvgIpc) is 1.18. The van der Waals surface area contributed by atoms with Gasteiger partial charge in [-0.05, 0) is 69.1 Å². The van der Waals surface area contributed by atoms with Crippen LogP contribution in [0.4, 0.5) is 0 Å². The molecule has 6 atom stereocenters. The van der Waals surface area contributed by atoms with Gasteiger partial charge in [0.1, 0.15) is 19.3 Å². The van der Waals surface area contributed by atoms with E-state index in [2.05, 4.69) is 72.8 Å². The molecule has 0 saturated heterocycles. The van der Waals surface area contributed by atoms with Gasteiger partial charge >= 0.3 is 39.5 Å². The number of carbonyl (C=O) groups excluding carboxylic acids is 4. The van der Waals surface area contributed by atoms with Crippen molar-refractivity contribution in [1.82, 2.24) is 0 Å². The van der Waals surface area contributed by atoms with Crippen LogP contribution in [0.1, 0.15) is 389 Å². The van der Waals surface area contributed by atoms with Gasteiger partial charge in [0.25, 0.3) is 0 Å². The van der Waals surface area contributed by atoms with Crippen molar-refractivity contribution in [3.63, 3.8) is 0 Å². The van der Waals surface area contributed by atoms with E-state index in [0.717, 1.165) is 127 Å². The Bertz CT molecular complexity index is 2020. The summed E-state index contributed by atoms with van der Waals surface area (Å²) < 4.78 is 68.6. The van der Waals surface area contributed by atoms with Gasteiger partial charge in [0, 0.05) is 25.7 Å². The first-order chi connectivity index (χ1) is 47.8. The number of carbonyl (C=O) groups is 4. The molecule has 19 heteroatoms. The Labute approximate surface area is 605 Å². The fraction of sp³-hybridized carbons (Fsp3) is 0.900. The van der Waals surface area contributed by atoms with Gasteiger partial charge in [-0.25, -0.2) is 9.13 Å². The first-order valence-corrected chi connectivity index (χ1v) is 43.7. The molecule has 0 aromatic carbocycles. The van der Waals surface area contributed by atoms with Gasteiger partial charge in [0.05, 0.1) is 26.4 Å². The zero-order valence-corrected chi connectivity index (χ0v) is 66.2. The van der Waals surface area contributed by atoms with E-state index in [-0.39, 0.29) is 25.7 Å². The number of unbranched alkanes of at least 4 members (excludes halogenated alkanes) is 40. The van der Waals surface area contributed by atoms with E-state index >= 15 is 0 Å². The minimum Gasteiger partial charge on any atom is -0.462 e. The van der Waals surface area contributed by atoms with E-state index in [9.17, 15) is 43.2 Å². The Balaban J connectivity index is 5.27. The minimum atomic E-state index is -4.97. The van der Waals surface area contributed by atoms with Crippen molar-refractivity contribution < 1.29 is 80.2 Å². The highest BCUT2D eigenvalue weighted by atomic mass is 31.2. The topological polar surface area (TPSA) is 237 Å². The number of aliphatic hydroxyl groups is 1. The number of ether oxygens (including phenoxy) is 4. The van der Waals surface area contributed by atoms with E-state index in [1.165, 1.54) is 180 Å². The van der Waals surface area contributed by atoms with Crippen LogP contribution in [0.2, 0.25) is 0 Å². The molecule has 3 unspecified atom stereocenters. The van der Waals surface area contributed by atoms with Crippen molar-refractivity contribution in [2.75, 3.05) is 39.6 Å². The smallest absolute Gasteiger partial charge is 0.462 e. The number of phosphoric ester groups is 2. The molecule has 0 saturated carbocycles. The first-order valence-electron chi connectivity index (χ1n) is 40.7. The molecule has 0 aliphatic carbocycles. The van der Waals surface area contributed by atoms with Gasteiger partial charge in [-0.2, -0.15) is 0 Å². The summed E-state index contributed by atoms with van der Waals surface area (Å²) in [5, 5.41) is 10.6. The van der Waals surface area contributed by atoms with Crippen LogP contribution in [0.3, 0.4) is 0 Å². The highest BCUT2D eigenvalue weighted by Gasteiger charge is 2.30. The molecular weight excluding hydrogens is 1290 g/mol. The van der Waals surface area contributed by atoms with E-state index in [1.54, 1.807) is 0 Å². The third kappa shape index (κ3) is 72.3. The summed E-state index contributed by atoms with van der Waals surface area (Å²) in [6, 6.07) is 0. The standard InChI is InChI=1S/C80H152O17P2/c1-8-10-11-12-13-14-15-16-19-23-30-35-40-49-56-63-79(84)96-75(67-90-77(82)61-54-47-39-34-29-26-25-28-33-38-45-52-59-72(5)6)69-94-98(86,87)92-65-74(81)66-93-99(88,89)95-70-76(68-91-78(83)62-55-48-43-42-46-53-60-73(7)9-2)97-80(85)64-57-50-41-36-31-24-21-18-17-20-22-27-32-37-44-51-58-71(3)4/h14-16,19,71-76,81H,8-13,17-18,20-70H2,1-7H3,(H,86,87)(H,88,89)/b15-14-,19-16-/t73?,74-,75-,76-/m1/s1. The van der Waals surface area contributed by atoms with Crippen LogP contribution in [0.25, 0.3) is 0 Å². The second-order valence-corrected chi connectivity index (χ2v) is 32.2. The Morgan fingerprint density at radius 3 is 0.899 bits per heavy atom. The summed E-state index contributed by atoms with van der Waals surface area (Å²) in [6.45, 7) is 11.9. The van der Waals surface area contributed by atoms with Crippen molar-refractivity contribution in [3.8, 4) is 0 Å². The molecule has 0 amide bonds. The maximum atomic E-state index is 13.1. The van der Waals surface area contributed by atoms with Gasteiger partial charge in [0.2, 0.25) is 0 Å². The largest absolute Gasteiger partial charge is 0.472 e. The molecule has 99 heavy (non-hydrogen) atoms. The van der Waals surface area contributed by atoms with Crippen LogP contribution in [0.5, 0.6) is 0 Å². The van der Waals surface area contributed by atoms with Crippen LogP contribution in [0, 0.1) is 17.8 Å². The first kappa shape index (κ1) is 96.5. The van der Waals surface area contributed by atoms with Crippen molar-refractivity contribution in [2.24, 2.45) is 17.8 Å². The third-order valence-corrected chi connectivity index (χ3v) is 20.3. The average molecular weight is 1450 g/mol. The number of esters is 4. The van der Waals surface area contributed by atoms with Crippen LogP contribution < -0.4 is 0 Å². The minimum absolute atomic E-state index is 0.0848.